The van der Waals surface area contributed by atoms with E-state index < -0.39 is 0 Å². The van der Waals surface area contributed by atoms with Crippen molar-refractivity contribution in [3.63, 3.8) is 0 Å². The molecule has 5 aromatic carbocycles. The first-order chi connectivity index (χ1) is 20.6. The predicted molar refractivity (Wildman–Crippen MR) is 188 cm³/mol. The van der Waals surface area contributed by atoms with Crippen molar-refractivity contribution in [1.29, 1.82) is 0 Å². The molecule has 5 aromatic rings. The minimum Gasteiger partial charge on any atom is -1.00 e. The molecule has 0 nitrogen and oxygen atoms in total. The first-order valence-electron chi connectivity index (χ1n) is 15.4. The van der Waals surface area contributed by atoms with Crippen molar-refractivity contribution in [2.24, 2.45) is 0 Å². The van der Waals surface area contributed by atoms with Crippen LogP contribution in [0, 0.1) is 26.8 Å². The quantitative estimate of drug-likeness (QED) is 0.207. The zero-order chi connectivity index (χ0) is 32.2. The molecular weight excluding hydrogens is 702 g/mol. The number of hydrogen-bond acceptors (Lipinski definition) is 0. The second-order valence-electron chi connectivity index (χ2n) is 13.9. The van der Waals surface area contributed by atoms with E-state index in [4.69, 9.17) is 11.6 Å². The van der Waals surface area contributed by atoms with E-state index >= 15 is 0 Å². The summed E-state index contributed by atoms with van der Waals surface area (Å²) in [6.07, 6.45) is 1.03. The SMILES string of the molecule is Cc1[c-]c2c(cc1C(C)(C)C)-c1cc(C(C)(C)C)c(C)cc1C2.Cc1ccc([C](=[Zr+2])c2cccc(Cl)c2)cc1.[Cl-].[Cl-].c1cc[cH-]c1. The fourth-order valence-electron chi connectivity index (χ4n) is 5.87. The summed E-state index contributed by atoms with van der Waals surface area (Å²) in [6.45, 7) is 20.3. The Labute approximate surface area is 310 Å². The van der Waals surface area contributed by atoms with Gasteiger partial charge in [-0.3, -0.25) is 0 Å². The Morgan fingerprint density at radius 2 is 1.30 bits per heavy atom. The predicted octanol–water partition coefficient (Wildman–Crippen LogP) is 5.45. The molecule has 0 heterocycles. The van der Waals surface area contributed by atoms with Crippen LogP contribution in [0.1, 0.15) is 91.6 Å². The molecule has 240 valence electrons. The third kappa shape index (κ3) is 10.2. The van der Waals surface area contributed by atoms with Gasteiger partial charge < -0.3 is 24.8 Å². The zero-order valence-corrected chi connectivity index (χ0v) is 33.3. The van der Waals surface area contributed by atoms with E-state index in [9.17, 15) is 0 Å². The Morgan fingerprint density at radius 3 is 1.83 bits per heavy atom. The maximum Gasteiger partial charge on any atom is -0.172 e. The molecule has 0 saturated heterocycles. The fourth-order valence-corrected chi connectivity index (χ4v) is 6.86. The molecule has 0 N–H and O–H groups in total. The van der Waals surface area contributed by atoms with Gasteiger partial charge in [0.2, 0.25) is 0 Å². The van der Waals surface area contributed by atoms with Gasteiger partial charge in [0.05, 0.1) is 0 Å². The summed E-state index contributed by atoms with van der Waals surface area (Å²) < 4.78 is 1.34. The Hall–Kier alpha value is -2.15. The molecule has 6 rings (SSSR count). The first-order valence-corrected chi connectivity index (χ1v) is 17.0. The molecule has 0 unspecified atom stereocenters. The third-order valence-corrected chi connectivity index (χ3v) is 9.74. The van der Waals surface area contributed by atoms with E-state index in [1.807, 2.05) is 48.5 Å². The molecule has 0 amide bonds. The average Bonchev–Trinajstić information content (AvgIpc) is 3.63. The van der Waals surface area contributed by atoms with Gasteiger partial charge in [0.1, 0.15) is 0 Å². The zero-order valence-electron chi connectivity index (χ0n) is 28.6. The van der Waals surface area contributed by atoms with Crippen LogP contribution in [0.5, 0.6) is 0 Å². The molecule has 0 spiro atoms. The first kappa shape index (κ1) is 40.0. The monoisotopic (exact) mass is 744 g/mol. The van der Waals surface area contributed by atoms with Crippen LogP contribution in [-0.4, -0.2) is 3.21 Å². The minimum atomic E-state index is 0. The van der Waals surface area contributed by atoms with Crippen molar-refractivity contribution in [3.8, 4) is 11.1 Å². The third-order valence-electron chi connectivity index (χ3n) is 8.09. The molecule has 0 atom stereocenters. The van der Waals surface area contributed by atoms with Gasteiger partial charge in [-0.2, -0.15) is 35.9 Å². The average molecular weight is 747 g/mol. The molecule has 0 aromatic heterocycles. The minimum absolute atomic E-state index is 0. The number of halogens is 3. The second kappa shape index (κ2) is 16.8. The Bertz CT molecular complexity index is 1650. The molecule has 4 heteroatoms. The molecule has 0 bridgehead atoms. The molecule has 0 aliphatic heterocycles. The molecular formula is C42H45Cl3Zr-2. The number of aryl methyl sites for hydroxylation is 3. The van der Waals surface area contributed by atoms with Crippen LogP contribution in [0.15, 0.2) is 97.1 Å². The maximum atomic E-state index is 6.00. The number of hydrogen-bond donors (Lipinski definition) is 0. The van der Waals surface area contributed by atoms with E-state index in [0.29, 0.717) is 0 Å². The summed E-state index contributed by atoms with van der Waals surface area (Å²) in [4.78, 5) is 0. The second-order valence-corrected chi connectivity index (χ2v) is 15.6. The Kier molecular flexibility index (Phi) is 14.6. The summed E-state index contributed by atoms with van der Waals surface area (Å²) in [7, 11) is 0. The smallest absolute Gasteiger partial charge is 0.172 e. The van der Waals surface area contributed by atoms with Crippen LogP contribution in [0.2, 0.25) is 5.02 Å². The molecule has 0 fully saturated rings. The Morgan fingerprint density at radius 1 is 0.717 bits per heavy atom. The molecule has 0 radical (unpaired) electrons. The van der Waals surface area contributed by atoms with E-state index in [1.165, 1.54) is 88.6 Å². The van der Waals surface area contributed by atoms with Crippen LogP contribution >= 0.6 is 11.6 Å². The largest absolute Gasteiger partial charge is 1.00 e. The summed E-state index contributed by atoms with van der Waals surface area (Å²) in [5, 5.41) is 0.796. The van der Waals surface area contributed by atoms with E-state index in [1.54, 1.807) is 0 Å². The number of benzene rings is 4. The van der Waals surface area contributed by atoms with Crippen molar-refractivity contribution >= 4 is 14.8 Å². The van der Waals surface area contributed by atoms with Gasteiger partial charge in [0.25, 0.3) is 0 Å². The van der Waals surface area contributed by atoms with Crippen LogP contribution in [0.3, 0.4) is 0 Å². The van der Waals surface area contributed by atoms with Gasteiger partial charge in [-0.1, -0.05) is 71.6 Å². The summed E-state index contributed by atoms with van der Waals surface area (Å²) in [5.41, 5.74) is 15.4. The van der Waals surface area contributed by atoms with E-state index in [2.05, 4.69) is 117 Å². The summed E-state index contributed by atoms with van der Waals surface area (Å²) >= 11 is 7.40. The van der Waals surface area contributed by atoms with Crippen molar-refractivity contribution in [1.82, 2.24) is 0 Å². The van der Waals surface area contributed by atoms with Gasteiger partial charge in [0, 0.05) is 0 Å². The van der Waals surface area contributed by atoms with E-state index in [-0.39, 0.29) is 35.6 Å². The van der Waals surface area contributed by atoms with Gasteiger partial charge >= 0.3 is 116 Å². The normalized spacial score (nSPS) is 11.4. The number of fused-ring (bicyclic) bond motifs is 3. The standard InChI is InChI=1S/C23H29.C14H11Cl.C5H5.2ClH.Zr/c1-14-9-16-11-17-10-15(2)21(23(6,7)8)13-19(17)18(16)12-20(14)22(3,4)5;1-11-5-7-12(8-6-11)9-13-3-2-4-14(15)10-13;1-2-4-5-3-1;;;/h9,12-13H,11H2,1-8H3;2-8,10H,1H3;1-5H;2*1H;/q-1;;-1;;;+2/p-2. The van der Waals surface area contributed by atoms with Gasteiger partial charge in [0.15, 0.2) is 0 Å². The van der Waals surface area contributed by atoms with Crippen molar-refractivity contribution in [2.45, 2.75) is 79.6 Å². The van der Waals surface area contributed by atoms with Crippen LogP contribution in [-0.2, 0) is 41.5 Å². The van der Waals surface area contributed by atoms with Gasteiger partial charge in [-0.25, -0.2) is 12.1 Å². The molecule has 1 aliphatic carbocycles. The van der Waals surface area contributed by atoms with Gasteiger partial charge in [-0.15, -0.1) is 16.7 Å². The van der Waals surface area contributed by atoms with E-state index in [0.717, 1.165) is 11.4 Å². The molecule has 0 saturated carbocycles. The van der Waals surface area contributed by atoms with Crippen LogP contribution in [0.25, 0.3) is 11.1 Å². The van der Waals surface area contributed by atoms with Crippen molar-refractivity contribution in [2.75, 3.05) is 0 Å². The van der Waals surface area contributed by atoms with Crippen LogP contribution in [0.4, 0.5) is 0 Å². The van der Waals surface area contributed by atoms with Crippen molar-refractivity contribution < 1.29 is 49.0 Å². The topological polar surface area (TPSA) is 0 Å². The molecule has 46 heavy (non-hydrogen) atoms. The number of rotatable bonds is 2. The Balaban J connectivity index is 0.000000278. The maximum absolute atomic E-state index is 6.00. The van der Waals surface area contributed by atoms with Crippen LogP contribution < -0.4 is 24.8 Å². The fraction of sp³-hybridized carbons (Fsp3) is 0.286. The molecule has 1 aliphatic rings. The summed E-state index contributed by atoms with van der Waals surface area (Å²) in [5.74, 6) is 0. The van der Waals surface area contributed by atoms with Crippen molar-refractivity contribution in [3.05, 3.63) is 158 Å². The summed E-state index contributed by atoms with van der Waals surface area (Å²) in [6, 6.07) is 37.6. The van der Waals surface area contributed by atoms with Gasteiger partial charge in [-0.05, 0) is 35.4 Å².